The lowest BCUT2D eigenvalue weighted by atomic mass is 9.65. The van der Waals surface area contributed by atoms with Gasteiger partial charge in [0.15, 0.2) is 0 Å². The van der Waals surface area contributed by atoms with E-state index in [-0.39, 0.29) is 33.3 Å². The van der Waals surface area contributed by atoms with Gasteiger partial charge in [0.05, 0.1) is 11.1 Å². The fourth-order valence-electron chi connectivity index (χ4n) is 5.51. The Morgan fingerprint density at radius 1 is 1.05 bits per heavy atom. The van der Waals surface area contributed by atoms with Gasteiger partial charge in [-0.25, -0.2) is 13.2 Å². The third-order valence-electron chi connectivity index (χ3n) is 7.16. The predicted octanol–water partition coefficient (Wildman–Crippen LogP) is 7.57. The summed E-state index contributed by atoms with van der Waals surface area (Å²) in [7, 11) is 0. The van der Waals surface area contributed by atoms with Gasteiger partial charge in [-0.05, 0) is 57.5 Å². The summed E-state index contributed by atoms with van der Waals surface area (Å²) >= 11 is 12.2. The smallest absolute Gasteiger partial charge is 0.324 e. The summed E-state index contributed by atoms with van der Waals surface area (Å²) in [6, 6.07) is 14.2. The van der Waals surface area contributed by atoms with Crippen molar-refractivity contribution in [1.29, 1.82) is 5.26 Å². The van der Waals surface area contributed by atoms with Crippen molar-refractivity contribution in [3.05, 3.63) is 105 Å². The average molecular weight is 575 g/mol. The van der Waals surface area contributed by atoms with Crippen LogP contribution < -0.4 is 0 Å². The molecule has 1 saturated heterocycles. The van der Waals surface area contributed by atoms with Gasteiger partial charge in [0.1, 0.15) is 34.5 Å². The minimum Gasteiger partial charge on any atom is -0.459 e. The molecule has 0 radical (unpaired) electrons. The Bertz CT molecular complexity index is 1450. The largest absolute Gasteiger partial charge is 0.459 e. The number of halogens is 5. The zero-order valence-corrected chi connectivity index (χ0v) is 23.3. The number of rotatable bonds is 5. The number of esters is 1. The molecule has 0 N–H and O–H groups in total. The Labute approximate surface area is 235 Å². The van der Waals surface area contributed by atoms with Crippen LogP contribution in [0.3, 0.4) is 0 Å². The summed E-state index contributed by atoms with van der Waals surface area (Å²) in [5, 5.41) is 10.7. The number of nitrogens with zero attached hydrogens (tertiary/aromatic N) is 2. The number of ether oxygens (including phenoxy) is 1. The summed E-state index contributed by atoms with van der Waals surface area (Å²) in [4.78, 5) is 15.5. The van der Waals surface area contributed by atoms with Crippen LogP contribution in [0.5, 0.6) is 0 Å². The third-order valence-corrected chi connectivity index (χ3v) is 7.68. The Balaban J connectivity index is 2.05. The van der Waals surface area contributed by atoms with Crippen LogP contribution in [0.15, 0.2) is 60.7 Å². The first-order valence-electron chi connectivity index (χ1n) is 12.3. The number of likely N-dealkylation sites (tertiary alicyclic amines) is 1. The second-order valence-electron chi connectivity index (χ2n) is 10.6. The van der Waals surface area contributed by atoms with Crippen LogP contribution in [0.2, 0.25) is 10.0 Å². The van der Waals surface area contributed by atoms with Crippen LogP contribution in [-0.2, 0) is 21.5 Å². The average Bonchev–Trinajstić information content (AvgIpc) is 3.09. The van der Waals surface area contributed by atoms with Crippen LogP contribution in [0, 0.1) is 28.8 Å². The van der Waals surface area contributed by atoms with Crippen molar-refractivity contribution < 1.29 is 22.7 Å². The molecule has 3 aromatic rings. The second kappa shape index (κ2) is 10.8. The van der Waals surface area contributed by atoms with E-state index in [1.54, 1.807) is 44.7 Å². The van der Waals surface area contributed by atoms with Gasteiger partial charge in [-0.2, -0.15) is 5.26 Å². The van der Waals surface area contributed by atoms with Crippen LogP contribution in [0.25, 0.3) is 0 Å². The highest BCUT2D eigenvalue weighted by Gasteiger charge is 2.63. The van der Waals surface area contributed by atoms with Crippen molar-refractivity contribution in [1.82, 2.24) is 4.90 Å². The van der Waals surface area contributed by atoms with Gasteiger partial charge >= 0.3 is 5.97 Å². The zero-order valence-electron chi connectivity index (χ0n) is 21.8. The predicted molar refractivity (Wildman–Crippen MR) is 144 cm³/mol. The molecule has 39 heavy (non-hydrogen) atoms. The normalized spacial score (nSPS) is 23.4. The highest BCUT2D eigenvalue weighted by molar-refractivity contribution is 6.31. The fourth-order valence-corrected chi connectivity index (χ4v) is 5.85. The number of hydrogen-bond donors (Lipinski definition) is 0. The van der Waals surface area contributed by atoms with Crippen LogP contribution in [0.1, 0.15) is 50.3 Å². The van der Waals surface area contributed by atoms with E-state index in [2.05, 4.69) is 6.07 Å². The molecule has 9 heteroatoms. The molecule has 0 amide bonds. The minimum absolute atomic E-state index is 0.0582. The molecule has 0 aromatic heterocycles. The highest BCUT2D eigenvalue weighted by Crippen LogP contribution is 2.55. The second-order valence-corrected chi connectivity index (χ2v) is 11.5. The van der Waals surface area contributed by atoms with E-state index in [1.165, 1.54) is 42.5 Å². The Hall–Kier alpha value is -3.05. The lowest BCUT2D eigenvalue weighted by Gasteiger charge is -2.34. The molecule has 0 saturated carbocycles. The molecule has 0 aliphatic carbocycles. The molecule has 204 valence electrons. The molecule has 4 unspecified atom stereocenters. The Morgan fingerprint density at radius 3 is 2.36 bits per heavy atom. The first-order chi connectivity index (χ1) is 18.3. The van der Waals surface area contributed by atoms with Gasteiger partial charge in [0.25, 0.3) is 0 Å². The molecule has 1 aliphatic rings. The standard InChI is InChI=1S/C30H27Cl2F3N2O2/c1-17-30(16-36,21-13-12-19(31)14-24(21)34)25(20-9-7-10-22(32)26(20)35)27(28(38)39-29(2,3)4)37(17)15-18-8-5-6-11-23(18)33/h5-14,17,25,27H,15H2,1-4H3. The first kappa shape index (κ1) is 28.9. The molecule has 4 rings (SSSR count). The molecule has 1 heterocycles. The molecule has 4 nitrogen and oxygen atoms in total. The van der Waals surface area contributed by atoms with Crippen molar-refractivity contribution in [2.45, 2.75) is 63.3 Å². The summed E-state index contributed by atoms with van der Waals surface area (Å²) in [5.74, 6) is -4.20. The molecule has 0 bridgehead atoms. The monoisotopic (exact) mass is 574 g/mol. The van der Waals surface area contributed by atoms with E-state index in [9.17, 15) is 14.4 Å². The minimum atomic E-state index is -1.83. The lowest BCUT2D eigenvalue weighted by Crippen LogP contribution is -2.44. The number of hydrogen-bond acceptors (Lipinski definition) is 4. The lowest BCUT2D eigenvalue weighted by molar-refractivity contribution is -0.161. The van der Waals surface area contributed by atoms with Crippen LogP contribution >= 0.6 is 23.2 Å². The van der Waals surface area contributed by atoms with E-state index in [0.29, 0.717) is 0 Å². The van der Waals surface area contributed by atoms with Gasteiger partial charge < -0.3 is 4.74 Å². The topological polar surface area (TPSA) is 53.3 Å². The maximum Gasteiger partial charge on any atom is 0.324 e. The molecule has 3 aromatic carbocycles. The van der Waals surface area contributed by atoms with Gasteiger partial charge in [-0.1, -0.05) is 59.6 Å². The third kappa shape index (κ3) is 5.26. The van der Waals surface area contributed by atoms with Crippen molar-refractivity contribution >= 4 is 29.2 Å². The van der Waals surface area contributed by atoms with Gasteiger partial charge in [0.2, 0.25) is 0 Å². The number of carbonyl (C=O) groups is 1. The fraction of sp³-hybridized carbons (Fsp3) is 0.333. The Morgan fingerprint density at radius 2 is 1.74 bits per heavy atom. The summed E-state index contributed by atoms with van der Waals surface area (Å²) in [5.41, 5.74) is -2.65. The van der Waals surface area contributed by atoms with E-state index in [0.717, 1.165) is 6.07 Å². The van der Waals surface area contributed by atoms with Crippen LogP contribution in [-0.4, -0.2) is 28.6 Å². The Kier molecular flexibility index (Phi) is 8.05. The SMILES string of the molecule is CC1N(Cc2ccccc2F)C(C(=O)OC(C)(C)C)C(c2cccc(Cl)c2F)C1(C#N)c1ccc(Cl)cc1F. The highest BCUT2D eigenvalue weighted by atomic mass is 35.5. The molecule has 1 fully saturated rings. The van der Waals surface area contributed by atoms with Crippen LogP contribution in [0.4, 0.5) is 13.2 Å². The molecule has 4 atom stereocenters. The van der Waals surface area contributed by atoms with Crippen molar-refractivity contribution in [2.24, 2.45) is 0 Å². The summed E-state index contributed by atoms with van der Waals surface area (Å²) < 4.78 is 52.0. The first-order valence-corrected chi connectivity index (χ1v) is 13.1. The van der Waals surface area contributed by atoms with Crippen molar-refractivity contribution in [3.63, 3.8) is 0 Å². The van der Waals surface area contributed by atoms with Crippen molar-refractivity contribution in [3.8, 4) is 6.07 Å². The summed E-state index contributed by atoms with van der Waals surface area (Å²) in [6.07, 6.45) is 0. The maximum absolute atomic E-state index is 15.7. The van der Waals surface area contributed by atoms with Gasteiger partial charge in [-0.3, -0.25) is 9.69 Å². The number of nitriles is 1. The van der Waals surface area contributed by atoms with E-state index in [4.69, 9.17) is 27.9 Å². The van der Waals surface area contributed by atoms with E-state index >= 15 is 8.78 Å². The van der Waals surface area contributed by atoms with E-state index in [1.807, 2.05) is 0 Å². The van der Waals surface area contributed by atoms with Crippen molar-refractivity contribution in [2.75, 3.05) is 0 Å². The summed E-state index contributed by atoms with van der Waals surface area (Å²) in [6.45, 7) is 6.54. The van der Waals surface area contributed by atoms with Gasteiger partial charge in [-0.15, -0.1) is 0 Å². The van der Waals surface area contributed by atoms with E-state index < -0.39 is 52.4 Å². The number of carbonyl (C=O) groups excluding carboxylic acids is 1. The quantitative estimate of drug-likeness (QED) is 0.295. The number of benzene rings is 3. The molecular weight excluding hydrogens is 548 g/mol. The maximum atomic E-state index is 15.7. The molecule has 0 spiro atoms. The molecular formula is C30H27Cl2F3N2O2. The zero-order chi connectivity index (χ0) is 28.7. The van der Waals surface area contributed by atoms with Gasteiger partial charge in [0, 0.05) is 34.7 Å². The molecule has 1 aliphatic heterocycles.